The fraction of sp³-hybridized carbons (Fsp3) is 0.364. The Labute approximate surface area is 180 Å². The number of hydrogen-bond acceptors (Lipinski definition) is 5. The van der Waals surface area contributed by atoms with E-state index in [0.29, 0.717) is 30.1 Å². The summed E-state index contributed by atoms with van der Waals surface area (Å²) in [6.45, 7) is 8.98. The summed E-state index contributed by atoms with van der Waals surface area (Å²) >= 11 is 1.45. The minimum Gasteiger partial charge on any atom is -0.380 e. The molecule has 2 aromatic carbocycles. The van der Waals surface area contributed by atoms with Crippen molar-refractivity contribution in [2.75, 3.05) is 13.2 Å². The molecule has 30 heavy (non-hydrogen) atoms. The summed E-state index contributed by atoms with van der Waals surface area (Å²) in [7, 11) is -3.38. The molecule has 0 unspecified atom stereocenters. The third-order valence-corrected chi connectivity index (χ3v) is 7.96. The van der Waals surface area contributed by atoms with Crippen molar-refractivity contribution in [1.82, 2.24) is 4.57 Å². The van der Waals surface area contributed by atoms with E-state index in [0.717, 1.165) is 15.8 Å². The maximum absolute atomic E-state index is 12.8. The molecule has 8 heteroatoms. The third kappa shape index (κ3) is 4.71. The minimum absolute atomic E-state index is 0.207. The number of rotatable bonds is 7. The predicted molar refractivity (Wildman–Crippen MR) is 120 cm³/mol. The molecule has 0 N–H and O–H groups in total. The number of ether oxygens (including phenoxy) is 1. The van der Waals surface area contributed by atoms with Crippen LogP contribution in [0.1, 0.15) is 36.7 Å². The molecule has 1 heterocycles. The predicted octanol–water partition coefficient (Wildman–Crippen LogP) is 3.97. The van der Waals surface area contributed by atoms with E-state index in [1.54, 1.807) is 13.8 Å². The Balaban J connectivity index is 1.99. The Hall–Kier alpha value is -2.29. The van der Waals surface area contributed by atoms with Gasteiger partial charge < -0.3 is 9.30 Å². The number of carbonyl (C=O) groups excluding carboxylic acids is 1. The standard InChI is InChI=1S/C22H26N2O4S2/c1-5-28-13-12-24-19-11-6-16(4)14-20(19)29-22(24)23-21(25)17-7-9-18(10-8-17)30(26,27)15(2)3/h6-11,14-15H,5,12-13H2,1-4H3. The van der Waals surface area contributed by atoms with Crippen molar-refractivity contribution in [3.05, 3.63) is 58.4 Å². The molecule has 1 aromatic heterocycles. The molecule has 0 aliphatic rings. The van der Waals surface area contributed by atoms with Gasteiger partial charge in [0.25, 0.3) is 5.91 Å². The van der Waals surface area contributed by atoms with Crippen LogP contribution in [-0.4, -0.2) is 37.4 Å². The fourth-order valence-electron chi connectivity index (χ4n) is 2.99. The minimum atomic E-state index is -3.38. The second-order valence-corrected chi connectivity index (χ2v) is 10.8. The topological polar surface area (TPSA) is 77.7 Å². The van der Waals surface area contributed by atoms with Crippen LogP contribution >= 0.6 is 11.3 Å². The van der Waals surface area contributed by atoms with Crippen LogP contribution in [0.15, 0.2) is 52.4 Å². The molecular formula is C22H26N2O4S2. The average molecular weight is 447 g/mol. The largest absolute Gasteiger partial charge is 0.380 e. The lowest BCUT2D eigenvalue weighted by molar-refractivity contribution is 0.0996. The van der Waals surface area contributed by atoms with E-state index in [4.69, 9.17) is 4.74 Å². The molecule has 1 amide bonds. The fourth-order valence-corrected chi connectivity index (χ4v) is 5.21. The van der Waals surface area contributed by atoms with E-state index in [-0.39, 0.29) is 4.90 Å². The van der Waals surface area contributed by atoms with Gasteiger partial charge in [-0.15, -0.1) is 0 Å². The molecule has 3 aromatic rings. The molecule has 0 spiro atoms. The Kier molecular flexibility index (Phi) is 6.90. The first kappa shape index (κ1) is 22.4. The smallest absolute Gasteiger partial charge is 0.279 e. The van der Waals surface area contributed by atoms with Crippen LogP contribution in [0.5, 0.6) is 0 Å². The molecule has 3 rings (SSSR count). The van der Waals surface area contributed by atoms with Gasteiger partial charge in [-0.2, -0.15) is 4.99 Å². The van der Waals surface area contributed by atoms with Crippen molar-refractivity contribution >= 4 is 37.3 Å². The molecule has 0 bridgehead atoms. The van der Waals surface area contributed by atoms with Crippen molar-refractivity contribution in [2.45, 2.75) is 44.4 Å². The van der Waals surface area contributed by atoms with E-state index in [2.05, 4.69) is 11.1 Å². The molecule has 0 radical (unpaired) electrons. The quantitative estimate of drug-likeness (QED) is 0.515. The van der Waals surface area contributed by atoms with E-state index in [1.807, 2.05) is 30.5 Å². The van der Waals surface area contributed by atoms with Gasteiger partial charge in [-0.3, -0.25) is 4.79 Å². The second kappa shape index (κ2) is 9.24. The van der Waals surface area contributed by atoms with Gasteiger partial charge in [-0.25, -0.2) is 8.42 Å². The number of sulfone groups is 1. The van der Waals surface area contributed by atoms with Crippen LogP contribution in [0.2, 0.25) is 0 Å². The van der Waals surface area contributed by atoms with Gasteiger partial charge in [0.1, 0.15) is 0 Å². The second-order valence-electron chi connectivity index (χ2n) is 7.24. The average Bonchev–Trinajstić information content (AvgIpc) is 3.04. The van der Waals surface area contributed by atoms with Gasteiger partial charge in [0, 0.05) is 18.7 Å². The molecule has 0 atom stereocenters. The summed E-state index contributed by atoms with van der Waals surface area (Å²) in [6, 6.07) is 12.1. The van der Waals surface area contributed by atoms with E-state index in [1.165, 1.54) is 35.6 Å². The highest BCUT2D eigenvalue weighted by atomic mass is 32.2. The van der Waals surface area contributed by atoms with Gasteiger partial charge in [0.05, 0.1) is 27.0 Å². The number of aryl methyl sites for hydroxylation is 1. The highest BCUT2D eigenvalue weighted by molar-refractivity contribution is 7.92. The zero-order valence-electron chi connectivity index (χ0n) is 17.6. The molecular weight excluding hydrogens is 420 g/mol. The Morgan fingerprint density at radius 2 is 1.87 bits per heavy atom. The van der Waals surface area contributed by atoms with Crippen LogP contribution in [0.3, 0.4) is 0 Å². The number of thiazole rings is 1. The number of fused-ring (bicyclic) bond motifs is 1. The van der Waals surface area contributed by atoms with Crippen molar-refractivity contribution in [3.63, 3.8) is 0 Å². The number of benzene rings is 2. The summed E-state index contributed by atoms with van der Waals surface area (Å²) in [5, 5.41) is -0.518. The lowest BCUT2D eigenvalue weighted by Crippen LogP contribution is -2.19. The summed E-state index contributed by atoms with van der Waals surface area (Å²) < 4.78 is 33.1. The summed E-state index contributed by atoms with van der Waals surface area (Å²) in [4.78, 5) is 17.9. The first-order valence-corrected chi connectivity index (χ1v) is 12.2. The summed E-state index contributed by atoms with van der Waals surface area (Å²) in [5.41, 5.74) is 2.50. The van der Waals surface area contributed by atoms with Crippen LogP contribution in [-0.2, 0) is 21.1 Å². The molecule has 0 aliphatic carbocycles. The van der Waals surface area contributed by atoms with Gasteiger partial charge in [0.15, 0.2) is 14.6 Å². The van der Waals surface area contributed by atoms with Gasteiger partial charge in [0.2, 0.25) is 0 Å². The van der Waals surface area contributed by atoms with Crippen molar-refractivity contribution in [1.29, 1.82) is 0 Å². The van der Waals surface area contributed by atoms with E-state index < -0.39 is 21.0 Å². The monoisotopic (exact) mass is 446 g/mol. The number of hydrogen-bond donors (Lipinski definition) is 0. The molecule has 0 saturated carbocycles. The van der Waals surface area contributed by atoms with Gasteiger partial charge in [-0.05, 0) is 69.7 Å². The Morgan fingerprint density at radius 3 is 2.50 bits per heavy atom. The lowest BCUT2D eigenvalue weighted by Gasteiger charge is -2.08. The highest BCUT2D eigenvalue weighted by Gasteiger charge is 2.19. The maximum atomic E-state index is 12.8. The lowest BCUT2D eigenvalue weighted by atomic mass is 10.2. The molecule has 0 aliphatic heterocycles. The Bertz CT molecular complexity index is 1220. The van der Waals surface area contributed by atoms with E-state index >= 15 is 0 Å². The molecule has 6 nitrogen and oxygen atoms in total. The summed E-state index contributed by atoms with van der Waals surface area (Å²) in [6.07, 6.45) is 0. The van der Waals surface area contributed by atoms with Crippen LogP contribution < -0.4 is 4.80 Å². The van der Waals surface area contributed by atoms with Crippen LogP contribution in [0.25, 0.3) is 10.2 Å². The highest BCUT2D eigenvalue weighted by Crippen LogP contribution is 2.20. The SMILES string of the molecule is CCOCCn1c(=NC(=O)c2ccc(S(=O)(=O)C(C)C)cc2)sc2cc(C)ccc21. The number of amides is 1. The summed E-state index contributed by atoms with van der Waals surface area (Å²) in [5.74, 6) is -0.406. The first-order valence-electron chi connectivity index (χ1n) is 9.84. The van der Waals surface area contributed by atoms with Crippen LogP contribution in [0.4, 0.5) is 0 Å². The van der Waals surface area contributed by atoms with Gasteiger partial charge >= 0.3 is 0 Å². The van der Waals surface area contributed by atoms with Crippen molar-refractivity contribution in [3.8, 4) is 0 Å². The first-order chi connectivity index (χ1) is 14.2. The molecule has 0 saturated heterocycles. The zero-order chi connectivity index (χ0) is 21.9. The molecule has 0 fully saturated rings. The third-order valence-electron chi connectivity index (χ3n) is 4.75. The maximum Gasteiger partial charge on any atom is 0.279 e. The van der Waals surface area contributed by atoms with Crippen LogP contribution in [0, 0.1) is 6.92 Å². The van der Waals surface area contributed by atoms with Crippen molar-refractivity contribution in [2.24, 2.45) is 4.99 Å². The number of carbonyl (C=O) groups is 1. The Morgan fingerprint density at radius 1 is 1.17 bits per heavy atom. The van der Waals surface area contributed by atoms with Gasteiger partial charge in [-0.1, -0.05) is 17.4 Å². The number of nitrogens with zero attached hydrogens (tertiary/aromatic N) is 2. The molecule has 160 valence electrons. The van der Waals surface area contributed by atoms with Crippen molar-refractivity contribution < 1.29 is 17.9 Å². The van der Waals surface area contributed by atoms with E-state index in [9.17, 15) is 13.2 Å². The normalized spacial score (nSPS) is 12.8. The zero-order valence-corrected chi connectivity index (χ0v) is 19.2. The number of aromatic nitrogens is 1.